The number of carbonyl (C=O) groups is 2. The fourth-order valence-electron chi connectivity index (χ4n) is 7.12. The van der Waals surface area contributed by atoms with Crippen LogP contribution in [-0.2, 0) is 20.9 Å². The van der Waals surface area contributed by atoms with Gasteiger partial charge >= 0.3 is 6.09 Å². The third-order valence-corrected chi connectivity index (χ3v) is 9.42. The quantitative estimate of drug-likeness (QED) is 0.420. The van der Waals surface area contributed by atoms with Gasteiger partial charge < -0.3 is 19.7 Å². The van der Waals surface area contributed by atoms with Gasteiger partial charge in [-0.05, 0) is 43.6 Å². The Morgan fingerprint density at radius 1 is 1.09 bits per heavy atom. The van der Waals surface area contributed by atoms with E-state index in [0.717, 1.165) is 5.56 Å². The Hall–Kier alpha value is -3.74. The van der Waals surface area contributed by atoms with Gasteiger partial charge in [0, 0.05) is 19.4 Å². The highest BCUT2D eigenvalue weighted by molar-refractivity contribution is 5.87. The summed E-state index contributed by atoms with van der Waals surface area (Å²) in [5.41, 5.74) is -0.0672. The number of alkyl halides is 3. The first-order valence-electron chi connectivity index (χ1n) is 14.8. The molecular formula is C30H33F3N6O4. The van der Waals surface area contributed by atoms with E-state index in [0.29, 0.717) is 24.5 Å². The first-order valence-corrected chi connectivity index (χ1v) is 14.8. The first-order chi connectivity index (χ1) is 20.6. The largest absolute Gasteiger partial charge is 0.445 e. The van der Waals surface area contributed by atoms with Gasteiger partial charge in [-0.1, -0.05) is 30.3 Å². The van der Waals surface area contributed by atoms with Gasteiger partial charge in [0.1, 0.15) is 12.3 Å². The lowest BCUT2D eigenvalue weighted by atomic mass is 9.42. The molecule has 2 aromatic heterocycles. The van der Waals surface area contributed by atoms with Crippen molar-refractivity contribution in [2.24, 2.45) is 11.3 Å². The zero-order chi connectivity index (χ0) is 29.8. The molecule has 3 aromatic rings. The zero-order valence-corrected chi connectivity index (χ0v) is 23.6. The molecular weight excluding hydrogens is 565 g/mol. The fraction of sp³-hybridized carbons (Fsp3) is 0.567. The lowest BCUT2D eigenvalue weighted by Crippen LogP contribution is -2.71. The average molecular weight is 599 g/mol. The van der Waals surface area contributed by atoms with E-state index in [1.54, 1.807) is 17.3 Å². The molecule has 0 spiro atoms. The van der Waals surface area contributed by atoms with Crippen LogP contribution >= 0.6 is 0 Å². The van der Waals surface area contributed by atoms with Crippen LogP contribution in [0.4, 0.5) is 18.0 Å². The summed E-state index contributed by atoms with van der Waals surface area (Å²) in [6.45, 7) is 1.05. The van der Waals surface area contributed by atoms with E-state index in [4.69, 9.17) is 9.47 Å². The number of alkyl carbamates (subject to hydrolysis) is 1. The maximum atomic E-state index is 14.2. The Morgan fingerprint density at radius 3 is 2.56 bits per heavy atom. The molecule has 10 nitrogen and oxygen atoms in total. The lowest BCUT2D eigenvalue weighted by molar-refractivity contribution is -0.226. The Morgan fingerprint density at radius 2 is 1.84 bits per heavy atom. The Kier molecular flexibility index (Phi) is 6.82. The smallest absolute Gasteiger partial charge is 0.408 e. The highest BCUT2D eigenvalue weighted by Gasteiger charge is 2.73. The summed E-state index contributed by atoms with van der Waals surface area (Å²) < 4.78 is 54.8. The van der Waals surface area contributed by atoms with Gasteiger partial charge in [0.2, 0.25) is 11.8 Å². The van der Waals surface area contributed by atoms with Crippen LogP contribution in [0.5, 0.6) is 0 Å². The van der Waals surface area contributed by atoms with Crippen LogP contribution in [0.15, 0.2) is 42.7 Å². The van der Waals surface area contributed by atoms with Crippen molar-refractivity contribution < 1.29 is 32.2 Å². The molecule has 3 heterocycles. The fourth-order valence-corrected chi connectivity index (χ4v) is 7.12. The Labute approximate surface area is 246 Å². The molecule has 43 heavy (non-hydrogen) atoms. The van der Waals surface area contributed by atoms with Gasteiger partial charge in [-0.3, -0.25) is 4.79 Å². The number of aromatic nitrogens is 4. The van der Waals surface area contributed by atoms with Crippen molar-refractivity contribution in [2.45, 2.75) is 75.2 Å². The summed E-state index contributed by atoms with van der Waals surface area (Å²) in [5, 5.41) is 7.33. The molecule has 5 aliphatic rings. The molecule has 2 atom stereocenters. The first kappa shape index (κ1) is 28.1. The van der Waals surface area contributed by atoms with Gasteiger partial charge in [-0.25, -0.2) is 32.4 Å². The van der Waals surface area contributed by atoms with Crippen LogP contribution in [0.3, 0.4) is 0 Å². The van der Waals surface area contributed by atoms with Gasteiger partial charge in [0.05, 0.1) is 54.5 Å². The molecule has 1 aliphatic heterocycles. The third kappa shape index (κ3) is 5.32. The molecule has 1 saturated heterocycles. The molecule has 4 aliphatic carbocycles. The van der Waals surface area contributed by atoms with E-state index in [2.05, 4.69) is 20.4 Å². The van der Waals surface area contributed by atoms with Gasteiger partial charge in [-0.15, -0.1) is 0 Å². The van der Waals surface area contributed by atoms with Crippen LogP contribution in [0, 0.1) is 11.3 Å². The molecule has 1 unspecified atom stereocenters. The number of nitrogens with zero attached hydrogens (tertiary/aromatic N) is 5. The minimum atomic E-state index is -2.73. The van der Waals surface area contributed by atoms with Crippen molar-refractivity contribution in [1.29, 1.82) is 0 Å². The number of hydrogen-bond acceptors (Lipinski definition) is 7. The van der Waals surface area contributed by atoms with E-state index in [-0.39, 0.29) is 75.8 Å². The Balaban J connectivity index is 1.12. The van der Waals surface area contributed by atoms with Crippen LogP contribution in [0.25, 0.3) is 5.78 Å². The molecule has 2 amide bonds. The van der Waals surface area contributed by atoms with Crippen LogP contribution in [0.1, 0.15) is 74.0 Å². The molecule has 13 heteroatoms. The van der Waals surface area contributed by atoms with Crippen molar-refractivity contribution in [2.75, 3.05) is 19.8 Å². The normalized spacial score (nSPS) is 28.9. The number of hydrogen-bond donors (Lipinski definition) is 1. The predicted octanol–water partition coefficient (Wildman–Crippen LogP) is 4.71. The van der Waals surface area contributed by atoms with E-state index in [1.807, 2.05) is 30.3 Å². The maximum absolute atomic E-state index is 14.2. The molecule has 2 bridgehead atoms. The van der Waals surface area contributed by atoms with E-state index >= 15 is 0 Å². The highest BCUT2D eigenvalue weighted by Crippen LogP contribution is 2.70. The summed E-state index contributed by atoms with van der Waals surface area (Å²) in [6, 6.07) is 8.03. The van der Waals surface area contributed by atoms with Crippen LogP contribution in [-0.4, -0.2) is 67.8 Å². The van der Waals surface area contributed by atoms with Crippen molar-refractivity contribution >= 4 is 17.8 Å². The number of carbonyl (C=O) groups excluding carboxylic acids is 2. The molecule has 1 aromatic carbocycles. The molecule has 5 fully saturated rings. The number of imidazole rings is 1. The molecule has 1 N–H and O–H groups in total. The zero-order valence-electron chi connectivity index (χ0n) is 23.6. The van der Waals surface area contributed by atoms with Crippen LogP contribution in [0.2, 0.25) is 0 Å². The van der Waals surface area contributed by atoms with Crippen LogP contribution < -0.4 is 5.32 Å². The highest BCUT2D eigenvalue weighted by atomic mass is 19.3. The molecule has 8 rings (SSSR count). The monoisotopic (exact) mass is 598 g/mol. The summed E-state index contributed by atoms with van der Waals surface area (Å²) in [7, 11) is 0. The van der Waals surface area contributed by atoms with Crippen molar-refractivity contribution in [3.05, 3.63) is 59.7 Å². The van der Waals surface area contributed by atoms with E-state index in [9.17, 15) is 22.8 Å². The summed E-state index contributed by atoms with van der Waals surface area (Å²) in [5.74, 6) is -2.86. The second-order valence-electron chi connectivity index (χ2n) is 12.5. The summed E-state index contributed by atoms with van der Waals surface area (Å²) in [6.07, 6.45) is 3.16. The van der Waals surface area contributed by atoms with E-state index < -0.39 is 35.2 Å². The number of amides is 2. The topological polar surface area (TPSA) is 111 Å². The minimum absolute atomic E-state index is 0.0616. The SMILES string of the molecule is O=C(N[C@H](c1cn2ncc(C3COCCN3C(=O)C34CC(F)(C3)C4)nc2n1)C1CCC(F)(F)CC1)OCc1ccccc1. The minimum Gasteiger partial charge on any atom is -0.445 e. The predicted molar refractivity (Wildman–Crippen MR) is 146 cm³/mol. The molecule has 4 saturated carbocycles. The Bertz CT molecular complexity index is 1500. The number of rotatable bonds is 7. The summed E-state index contributed by atoms with van der Waals surface area (Å²) >= 11 is 0. The number of halogens is 3. The lowest BCUT2D eigenvalue weighted by Gasteiger charge is -2.65. The van der Waals surface area contributed by atoms with E-state index in [1.165, 1.54) is 4.52 Å². The van der Waals surface area contributed by atoms with Crippen molar-refractivity contribution in [3.8, 4) is 0 Å². The van der Waals surface area contributed by atoms with Crippen molar-refractivity contribution in [3.63, 3.8) is 0 Å². The summed E-state index contributed by atoms with van der Waals surface area (Å²) in [4.78, 5) is 37.3. The second-order valence-corrected chi connectivity index (χ2v) is 12.5. The second kappa shape index (κ2) is 10.5. The number of ether oxygens (including phenoxy) is 2. The average Bonchev–Trinajstić information content (AvgIpc) is 3.40. The number of fused-ring (bicyclic) bond motifs is 1. The number of morpholine rings is 1. The van der Waals surface area contributed by atoms with Gasteiger partial charge in [0.25, 0.3) is 5.78 Å². The third-order valence-electron chi connectivity index (χ3n) is 9.42. The number of benzene rings is 1. The molecule has 0 radical (unpaired) electrons. The maximum Gasteiger partial charge on any atom is 0.408 e. The molecule has 228 valence electrons. The standard InChI is InChI=1S/C30H33F3N6O4/c31-29-16-28(17-29,18-29)25(40)38-10-11-42-15-23(38)21-12-34-39-13-22(36-26(39)35-21)24(20-6-8-30(32,33)9-7-20)37-27(41)43-14-19-4-2-1-3-5-19/h1-5,12-13,20,23-24H,6-11,14-18H2,(H,37,41)/t23?,24-,28?,29?/m0/s1. The van der Waals surface area contributed by atoms with Gasteiger partial charge in [0.15, 0.2) is 0 Å². The van der Waals surface area contributed by atoms with Crippen molar-refractivity contribution in [1.82, 2.24) is 29.8 Å². The number of nitrogens with one attached hydrogen (secondary N) is 1. The van der Waals surface area contributed by atoms with Gasteiger partial charge in [-0.2, -0.15) is 5.10 Å².